The van der Waals surface area contributed by atoms with Gasteiger partial charge in [-0.2, -0.15) is 8.78 Å². The fourth-order valence-corrected chi connectivity index (χ4v) is 4.88. The van der Waals surface area contributed by atoms with Gasteiger partial charge in [0.2, 0.25) is 0 Å². The van der Waals surface area contributed by atoms with Crippen LogP contribution in [0.25, 0.3) is 0 Å². The Kier molecular flexibility index (Phi) is 7.38. The monoisotopic (exact) mass is 473 g/mol. The molecule has 2 aromatic carbocycles. The molecule has 4 rings (SSSR count). The van der Waals surface area contributed by atoms with Crippen LogP contribution in [0.1, 0.15) is 32.3 Å². The van der Waals surface area contributed by atoms with E-state index in [2.05, 4.69) is 18.7 Å². The number of anilines is 2. The van der Waals surface area contributed by atoms with Crippen LogP contribution in [0.4, 0.5) is 25.0 Å². The molecular formula is C26H33F2N3O3. The van der Waals surface area contributed by atoms with Crippen molar-refractivity contribution in [2.45, 2.75) is 39.8 Å². The number of piperidine rings is 1. The number of carbonyl (C=O) groups excluding carboxylic acids is 1. The van der Waals surface area contributed by atoms with Gasteiger partial charge in [-0.05, 0) is 48.9 Å². The summed E-state index contributed by atoms with van der Waals surface area (Å²) in [5.74, 6) is 0.429. The molecular weight excluding hydrogens is 440 g/mol. The van der Waals surface area contributed by atoms with E-state index in [1.54, 1.807) is 28.0 Å². The number of aliphatic hydroxyl groups is 1. The fourth-order valence-electron chi connectivity index (χ4n) is 4.88. The van der Waals surface area contributed by atoms with Gasteiger partial charge in [0.05, 0.1) is 0 Å². The second-order valence-electron chi connectivity index (χ2n) is 9.81. The summed E-state index contributed by atoms with van der Waals surface area (Å²) in [6.07, 6.45) is 2.03. The van der Waals surface area contributed by atoms with Crippen molar-refractivity contribution in [1.29, 1.82) is 0 Å². The summed E-state index contributed by atoms with van der Waals surface area (Å²) in [4.78, 5) is 18.5. The average molecular weight is 474 g/mol. The predicted molar refractivity (Wildman–Crippen MR) is 128 cm³/mol. The van der Waals surface area contributed by atoms with Crippen molar-refractivity contribution in [2.24, 2.45) is 11.3 Å². The Hall–Kier alpha value is -2.71. The lowest BCUT2D eigenvalue weighted by molar-refractivity contribution is -0.0509. The largest absolute Gasteiger partial charge is 0.434 e. The molecule has 0 aromatic heterocycles. The van der Waals surface area contributed by atoms with Crippen molar-refractivity contribution < 1.29 is 23.4 Å². The van der Waals surface area contributed by atoms with Gasteiger partial charge >= 0.3 is 12.6 Å². The average Bonchev–Trinajstić information content (AvgIpc) is 3.22. The standard InChI is InChI=1S/C26H33F2N3O3/c1-26(2,18-32)20-7-6-12-29(17-20)16-19-10-11-22(15-23(19)34-24(27)28)31-14-13-30(25(31)33)21-8-4-3-5-9-21/h3-5,8-11,15,20,24,32H,6-7,12-14,16-18H2,1-2H3/t20-/m0/s1. The number of nitrogens with zero attached hydrogens (tertiary/aromatic N) is 3. The SMILES string of the molecule is CC(C)(CO)[C@H]1CCCN(Cc2ccc(N3CCN(c4ccccc4)C3=O)cc2OC(F)F)C1. The summed E-state index contributed by atoms with van der Waals surface area (Å²) in [6.45, 7) is 4.40. The molecule has 0 aliphatic carbocycles. The zero-order valence-corrected chi connectivity index (χ0v) is 19.8. The molecule has 0 saturated carbocycles. The van der Waals surface area contributed by atoms with Crippen LogP contribution in [0, 0.1) is 11.3 Å². The van der Waals surface area contributed by atoms with Crippen molar-refractivity contribution in [1.82, 2.24) is 4.90 Å². The number of likely N-dealkylation sites (tertiary alicyclic amines) is 1. The number of halogens is 2. The molecule has 1 atom stereocenters. The molecule has 6 nitrogen and oxygen atoms in total. The number of hydrogen-bond donors (Lipinski definition) is 1. The highest BCUT2D eigenvalue weighted by Gasteiger charge is 2.34. The molecule has 0 spiro atoms. The lowest BCUT2D eigenvalue weighted by Crippen LogP contribution is -2.42. The minimum Gasteiger partial charge on any atom is -0.434 e. The summed E-state index contributed by atoms with van der Waals surface area (Å²) < 4.78 is 31.4. The number of rotatable bonds is 8. The van der Waals surface area contributed by atoms with Gasteiger partial charge < -0.3 is 9.84 Å². The summed E-state index contributed by atoms with van der Waals surface area (Å²) in [7, 11) is 0. The summed E-state index contributed by atoms with van der Waals surface area (Å²) in [6, 6.07) is 14.3. The van der Waals surface area contributed by atoms with Gasteiger partial charge in [0.1, 0.15) is 5.75 Å². The number of benzene rings is 2. The summed E-state index contributed by atoms with van der Waals surface area (Å²) >= 11 is 0. The molecule has 34 heavy (non-hydrogen) atoms. The first kappa shape index (κ1) is 24.4. The van der Waals surface area contributed by atoms with Crippen LogP contribution in [0.5, 0.6) is 5.75 Å². The second-order valence-corrected chi connectivity index (χ2v) is 9.81. The van der Waals surface area contributed by atoms with E-state index >= 15 is 0 Å². The topological polar surface area (TPSA) is 56.2 Å². The second kappa shape index (κ2) is 10.3. The zero-order valence-electron chi connectivity index (χ0n) is 19.8. The van der Waals surface area contributed by atoms with E-state index < -0.39 is 6.61 Å². The van der Waals surface area contributed by atoms with Crippen LogP contribution < -0.4 is 14.5 Å². The normalized spacial score (nSPS) is 19.8. The molecule has 8 heteroatoms. The van der Waals surface area contributed by atoms with Gasteiger partial charge in [0, 0.05) is 55.8 Å². The van der Waals surface area contributed by atoms with Gasteiger partial charge in [-0.1, -0.05) is 38.1 Å². The van der Waals surface area contributed by atoms with E-state index in [1.807, 2.05) is 30.3 Å². The van der Waals surface area contributed by atoms with E-state index in [0.717, 1.165) is 31.6 Å². The van der Waals surface area contributed by atoms with Crippen molar-refractivity contribution in [3.63, 3.8) is 0 Å². The van der Waals surface area contributed by atoms with Crippen LogP contribution >= 0.6 is 0 Å². The number of aliphatic hydroxyl groups excluding tert-OH is 1. The van der Waals surface area contributed by atoms with Gasteiger partial charge in [-0.15, -0.1) is 0 Å². The number of alkyl halides is 2. The first-order valence-electron chi connectivity index (χ1n) is 11.8. The summed E-state index contributed by atoms with van der Waals surface area (Å²) in [5, 5.41) is 9.76. The highest BCUT2D eigenvalue weighted by Crippen LogP contribution is 2.36. The van der Waals surface area contributed by atoms with Gasteiger partial charge in [-0.3, -0.25) is 14.7 Å². The Morgan fingerprint density at radius 3 is 2.44 bits per heavy atom. The Morgan fingerprint density at radius 2 is 1.76 bits per heavy atom. The first-order valence-corrected chi connectivity index (χ1v) is 11.8. The van der Waals surface area contributed by atoms with E-state index in [9.17, 15) is 18.7 Å². The van der Waals surface area contributed by atoms with E-state index in [-0.39, 0.29) is 23.8 Å². The van der Waals surface area contributed by atoms with Crippen molar-refractivity contribution in [3.8, 4) is 5.75 Å². The Bertz CT molecular complexity index is 987. The number of para-hydroxylation sites is 1. The molecule has 2 aliphatic heterocycles. The lowest BCUT2D eigenvalue weighted by atomic mass is 9.75. The van der Waals surface area contributed by atoms with Crippen molar-refractivity contribution in [3.05, 3.63) is 54.1 Å². The molecule has 2 amide bonds. The van der Waals surface area contributed by atoms with Crippen LogP contribution in [0.3, 0.4) is 0 Å². The summed E-state index contributed by atoms with van der Waals surface area (Å²) in [5.41, 5.74) is 1.82. The third-order valence-corrected chi connectivity index (χ3v) is 7.07. The Morgan fingerprint density at radius 1 is 1.06 bits per heavy atom. The van der Waals surface area contributed by atoms with E-state index in [4.69, 9.17) is 4.74 Å². The maximum absolute atomic E-state index is 13.3. The number of carbonyl (C=O) groups is 1. The van der Waals surface area contributed by atoms with Gasteiger partial charge in [0.15, 0.2) is 0 Å². The maximum atomic E-state index is 13.3. The fraction of sp³-hybridized carbons (Fsp3) is 0.500. The van der Waals surface area contributed by atoms with E-state index in [0.29, 0.717) is 36.8 Å². The molecule has 2 aliphatic rings. The third kappa shape index (κ3) is 5.33. The highest BCUT2D eigenvalue weighted by molar-refractivity contribution is 6.06. The number of ether oxygens (including phenoxy) is 1. The van der Waals surface area contributed by atoms with E-state index in [1.165, 1.54) is 0 Å². The molecule has 2 saturated heterocycles. The van der Waals surface area contributed by atoms with Crippen LogP contribution in [0.15, 0.2) is 48.5 Å². The molecule has 1 N–H and O–H groups in total. The van der Waals surface area contributed by atoms with Crippen LogP contribution in [-0.4, -0.2) is 55.4 Å². The molecule has 2 aromatic rings. The minimum atomic E-state index is -2.95. The lowest BCUT2D eigenvalue weighted by Gasteiger charge is -2.40. The molecule has 184 valence electrons. The smallest absolute Gasteiger partial charge is 0.387 e. The van der Waals surface area contributed by atoms with Crippen molar-refractivity contribution >= 4 is 17.4 Å². The molecule has 2 fully saturated rings. The molecule has 0 bridgehead atoms. The van der Waals surface area contributed by atoms with Crippen LogP contribution in [0.2, 0.25) is 0 Å². The minimum absolute atomic E-state index is 0.0991. The predicted octanol–water partition coefficient (Wildman–Crippen LogP) is 4.97. The van der Waals surface area contributed by atoms with Crippen LogP contribution in [-0.2, 0) is 6.54 Å². The maximum Gasteiger partial charge on any atom is 0.387 e. The Balaban J connectivity index is 1.52. The number of amides is 2. The first-order chi connectivity index (χ1) is 16.3. The van der Waals surface area contributed by atoms with Gasteiger partial charge in [-0.25, -0.2) is 4.79 Å². The molecule has 0 unspecified atom stereocenters. The number of hydrogen-bond acceptors (Lipinski definition) is 4. The number of urea groups is 1. The quantitative estimate of drug-likeness (QED) is 0.589. The third-order valence-electron chi connectivity index (χ3n) is 7.07. The zero-order chi connectivity index (χ0) is 24.3. The Labute approximate surface area is 199 Å². The van der Waals surface area contributed by atoms with Gasteiger partial charge in [0.25, 0.3) is 0 Å². The molecule has 2 heterocycles. The van der Waals surface area contributed by atoms with Crippen molar-refractivity contribution in [2.75, 3.05) is 42.6 Å². The molecule has 0 radical (unpaired) electrons. The highest BCUT2D eigenvalue weighted by atomic mass is 19.3.